The summed E-state index contributed by atoms with van der Waals surface area (Å²) in [5, 5.41) is 0. The molecule has 14 rings (SSSR count). The number of esters is 4. The van der Waals surface area contributed by atoms with Gasteiger partial charge in [0.1, 0.15) is 11.5 Å². The van der Waals surface area contributed by atoms with Gasteiger partial charge in [-0.05, 0) is 0 Å². The SMILES string of the molecule is COc1ccc(C(=O)Oc2ccc(OC(=O)[C]34[CH]5[CH]6[CH]7[CH]3[Fe]6754389%10[CH]4[CH]3[CH]8[C]9(C(=O)Oc3ccc(OC(=O)c5ccc(OC)cc5)cc3)[CH]4%10)cc2)cc1. The molecule has 8 atom stereocenters. The van der Waals surface area contributed by atoms with Crippen LogP contribution in [-0.4, -0.2) is 38.1 Å². The fourth-order valence-corrected chi connectivity index (χ4v) is 95.8. The van der Waals surface area contributed by atoms with Gasteiger partial charge in [-0.25, -0.2) is 0 Å². The molecule has 4 aromatic rings. The number of ether oxygens (including phenoxy) is 6. The van der Waals surface area contributed by atoms with Gasteiger partial charge in [-0.15, -0.1) is 0 Å². The molecule has 10 nitrogen and oxygen atoms in total. The quantitative estimate of drug-likeness (QED) is 0.0909. The van der Waals surface area contributed by atoms with Crippen LogP contribution in [0.5, 0.6) is 34.5 Å². The van der Waals surface area contributed by atoms with Gasteiger partial charge in [0, 0.05) is 0 Å². The number of hydrogen-bond acceptors (Lipinski definition) is 10. The molecule has 4 aromatic carbocycles. The summed E-state index contributed by atoms with van der Waals surface area (Å²) in [6.45, 7) is -4.65. The standard InChI is InChI=1S/2C20H15O5.Fe/c2*1-23-16-8-6-15(7-9-16)20(22)25-18-12-10-17(11-13-18)24-19(21)14-4-2-3-5-14;/h2*2-13H,1H3;. The molecule has 0 amide bonds. The van der Waals surface area contributed by atoms with Crippen LogP contribution >= 0.6 is 0 Å². The van der Waals surface area contributed by atoms with Gasteiger partial charge in [-0.1, -0.05) is 0 Å². The molecule has 10 saturated heterocycles. The Morgan fingerprint density at radius 1 is 0.431 bits per heavy atom. The van der Waals surface area contributed by atoms with E-state index in [0.29, 0.717) is 84.2 Å². The van der Waals surface area contributed by atoms with Crippen LogP contribution in [0.3, 0.4) is 0 Å². The molecule has 0 aromatic heterocycles. The first-order chi connectivity index (χ1) is 24.5. The number of carbonyl (C=O) groups is 4. The number of methoxy groups -OCH3 is 2. The van der Waals surface area contributed by atoms with Gasteiger partial charge in [0.2, 0.25) is 0 Å². The molecule has 11 heteroatoms. The molecule has 10 aliphatic rings. The zero-order valence-electron chi connectivity index (χ0n) is 27.3. The second kappa shape index (κ2) is 4.82. The topological polar surface area (TPSA) is 124 Å². The molecule has 258 valence electrons. The summed E-state index contributed by atoms with van der Waals surface area (Å²) in [5.74, 6) is 1.59. The second-order valence-corrected chi connectivity index (χ2v) is 40.9. The van der Waals surface area contributed by atoms with E-state index in [1.54, 1.807) is 111 Å². The van der Waals surface area contributed by atoms with Crippen LogP contribution in [0.25, 0.3) is 0 Å². The van der Waals surface area contributed by atoms with E-state index in [0.717, 1.165) is 0 Å². The van der Waals surface area contributed by atoms with E-state index in [-0.39, 0.29) is 11.9 Å². The maximum atomic E-state index is 14.4. The minimum atomic E-state index is -4.65. The summed E-state index contributed by atoms with van der Waals surface area (Å²) >= 11 is 0. The Balaban J connectivity index is 0.703. The third-order valence-electron chi connectivity index (χ3n) is 20.6. The van der Waals surface area contributed by atoms with Crippen molar-refractivity contribution in [3.05, 3.63) is 108 Å². The summed E-state index contributed by atoms with van der Waals surface area (Å²) in [6.07, 6.45) is 0. The number of benzene rings is 4. The van der Waals surface area contributed by atoms with E-state index in [1.165, 1.54) is 0 Å². The Hall–Kier alpha value is -5.12. The van der Waals surface area contributed by atoms with Gasteiger partial charge >= 0.3 is 247 Å². The van der Waals surface area contributed by atoms with E-state index in [1.807, 2.05) is 0 Å². The molecule has 0 radical (unpaired) electrons. The molecular formula is C40H30FeO10. The van der Waals surface area contributed by atoms with Crippen LogP contribution in [-0.2, 0) is 16.1 Å². The van der Waals surface area contributed by atoms with E-state index in [9.17, 15) is 19.2 Å². The first kappa shape index (κ1) is 26.7. The van der Waals surface area contributed by atoms with Crippen LogP contribution in [0, 0.1) is 0 Å². The van der Waals surface area contributed by atoms with Gasteiger partial charge in [0.05, 0.1) is 14.2 Å². The first-order valence-electron chi connectivity index (χ1n) is 17.1. The molecule has 51 heavy (non-hydrogen) atoms. The molecular weight excluding hydrogens is 696 g/mol. The normalized spacial score (nSPS) is 48.1. The first-order valence-corrected chi connectivity index (χ1v) is 23.3. The van der Waals surface area contributed by atoms with Crippen molar-refractivity contribution < 1.29 is 54.1 Å². The average Bonchev–Trinajstić information content (AvgIpc) is 4.11. The Morgan fingerprint density at radius 3 is 0.980 bits per heavy atom. The van der Waals surface area contributed by atoms with Crippen molar-refractivity contribution in [2.24, 2.45) is 0 Å². The summed E-state index contributed by atoms with van der Waals surface area (Å²) < 4.78 is 32.9. The molecule has 0 bridgehead atoms. The second-order valence-electron chi connectivity index (χ2n) is 17.7. The van der Waals surface area contributed by atoms with Crippen molar-refractivity contribution in [1.29, 1.82) is 0 Å². The van der Waals surface area contributed by atoms with E-state index in [4.69, 9.17) is 28.4 Å². The number of fused-ring (bicyclic) bond motifs is 10. The van der Waals surface area contributed by atoms with Crippen molar-refractivity contribution in [2.45, 2.75) is 47.2 Å². The van der Waals surface area contributed by atoms with Gasteiger partial charge in [-0.3, -0.25) is 0 Å². The van der Waals surface area contributed by atoms with Gasteiger partial charge in [-0.2, -0.15) is 0 Å². The predicted octanol–water partition coefficient (Wildman–Crippen LogP) is 7.78. The monoisotopic (exact) mass is 726 g/mol. The molecule has 0 aliphatic carbocycles. The van der Waals surface area contributed by atoms with Crippen LogP contribution < -0.4 is 28.4 Å². The number of carbonyl (C=O) groups excluding carboxylic acids is 4. The average molecular weight is 727 g/mol. The number of rotatable bonds is 10. The van der Waals surface area contributed by atoms with Gasteiger partial charge in [0.15, 0.2) is 0 Å². The van der Waals surface area contributed by atoms with Crippen LogP contribution in [0.2, 0.25) is 47.2 Å². The van der Waals surface area contributed by atoms with Crippen molar-refractivity contribution in [1.82, 2.24) is 0 Å². The molecule has 10 fully saturated rings. The molecule has 10 heterocycles. The maximum absolute atomic E-state index is 14.4. The van der Waals surface area contributed by atoms with Crippen LogP contribution in [0.15, 0.2) is 97.1 Å². The summed E-state index contributed by atoms with van der Waals surface area (Å²) in [7, 11) is 3.12. The third-order valence-corrected chi connectivity index (χ3v) is 63.2. The Bertz CT molecular complexity index is 2590. The summed E-state index contributed by atoms with van der Waals surface area (Å²) in [5.41, 5.74) is 0.786. The molecule has 8 unspecified atom stereocenters. The Morgan fingerprint density at radius 2 is 0.706 bits per heavy atom. The van der Waals surface area contributed by atoms with Gasteiger partial charge in [0.25, 0.3) is 0 Å². The van der Waals surface area contributed by atoms with Crippen LogP contribution in [0.1, 0.15) is 20.7 Å². The van der Waals surface area contributed by atoms with Crippen molar-refractivity contribution in [3.8, 4) is 34.5 Å². The summed E-state index contributed by atoms with van der Waals surface area (Å²) in [4.78, 5) is 58.2. The Labute approximate surface area is 281 Å². The minimum absolute atomic E-state index is 0.118. The van der Waals surface area contributed by atoms with E-state index in [2.05, 4.69) is 0 Å². The zero-order chi connectivity index (χ0) is 34.4. The Kier molecular flexibility index (Phi) is 2.52. The zero-order valence-corrected chi connectivity index (χ0v) is 28.4. The molecule has 0 saturated carbocycles. The number of hydrogen-bond donors (Lipinski definition) is 0. The fraction of sp³-hybridized carbons (Fsp3) is 0.300. The van der Waals surface area contributed by atoms with Crippen molar-refractivity contribution in [2.75, 3.05) is 14.2 Å². The third kappa shape index (κ3) is 0.912. The molecule has 1 spiro atoms. The molecule has 0 N–H and O–H groups in total. The summed E-state index contributed by atoms with van der Waals surface area (Å²) in [6, 6.07) is 26.5. The van der Waals surface area contributed by atoms with E-state index < -0.39 is 27.1 Å². The van der Waals surface area contributed by atoms with Crippen molar-refractivity contribution >= 4 is 23.9 Å². The van der Waals surface area contributed by atoms with E-state index >= 15 is 0 Å². The fourth-order valence-electron chi connectivity index (χ4n) is 21.0. The molecule has 10 aliphatic heterocycles. The van der Waals surface area contributed by atoms with Crippen molar-refractivity contribution in [3.63, 3.8) is 0 Å². The predicted molar refractivity (Wildman–Crippen MR) is 175 cm³/mol. The van der Waals surface area contributed by atoms with Gasteiger partial charge < -0.3 is 9.47 Å². The van der Waals surface area contributed by atoms with Crippen LogP contribution in [0.4, 0.5) is 0 Å².